The summed E-state index contributed by atoms with van der Waals surface area (Å²) in [6.45, 7) is 4.87. The average molecular weight is 465 g/mol. The van der Waals surface area contributed by atoms with E-state index in [0.717, 1.165) is 31.2 Å². The third-order valence-corrected chi connectivity index (χ3v) is 6.81. The molecule has 5 heteroatoms. The molecule has 3 atom stereocenters. The monoisotopic (exact) mass is 464 g/mol. The number of halogens is 3. The van der Waals surface area contributed by atoms with Crippen LogP contribution in [-0.4, -0.2) is 13.2 Å². The van der Waals surface area contributed by atoms with Gasteiger partial charge in [-0.15, -0.1) is 6.58 Å². The van der Waals surface area contributed by atoms with E-state index >= 15 is 4.39 Å². The summed E-state index contributed by atoms with van der Waals surface area (Å²) >= 11 is 0. The Balaban J connectivity index is 1.30. The highest BCUT2D eigenvalue weighted by atomic mass is 19.2. The Hall–Kier alpha value is -2.89. The molecule has 0 spiro atoms. The lowest BCUT2D eigenvalue weighted by molar-refractivity contribution is -0.0191. The third kappa shape index (κ3) is 4.68. The molecular formula is C29H27F3O2. The molecule has 0 saturated carbocycles. The zero-order valence-corrected chi connectivity index (χ0v) is 18.9. The van der Waals surface area contributed by atoms with Gasteiger partial charge in [-0.05, 0) is 54.4 Å². The fourth-order valence-corrected chi connectivity index (χ4v) is 4.71. The van der Waals surface area contributed by atoms with Crippen molar-refractivity contribution < 1.29 is 22.6 Å². The van der Waals surface area contributed by atoms with Gasteiger partial charge in [-0.1, -0.05) is 54.6 Å². The Bertz CT molecular complexity index is 1180. The van der Waals surface area contributed by atoms with Crippen LogP contribution in [0.25, 0.3) is 22.3 Å². The van der Waals surface area contributed by atoms with Gasteiger partial charge in [-0.3, -0.25) is 0 Å². The number of ether oxygens (including phenoxy) is 2. The van der Waals surface area contributed by atoms with Crippen LogP contribution >= 0.6 is 0 Å². The first kappa shape index (κ1) is 22.9. The summed E-state index contributed by atoms with van der Waals surface area (Å²) in [7, 11) is 0. The Morgan fingerprint density at radius 3 is 2.09 bits per heavy atom. The minimum absolute atomic E-state index is 0.0900. The van der Waals surface area contributed by atoms with E-state index in [9.17, 15) is 8.78 Å². The van der Waals surface area contributed by atoms with Crippen LogP contribution in [0.15, 0.2) is 67.3 Å². The molecule has 3 unspecified atom stereocenters. The molecule has 2 fully saturated rings. The molecule has 0 radical (unpaired) electrons. The van der Waals surface area contributed by atoms with Gasteiger partial charge in [0.15, 0.2) is 11.6 Å². The fourth-order valence-electron chi connectivity index (χ4n) is 4.71. The van der Waals surface area contributed by atoms with Crippen LogP contribution in [0.3, 0.4) is 0 Å². The number of hydrogen-bond acceptors (Lipinski definition) is 2. The predicted molar refractivity (Wildman–Crippen MR) is 127 cm³/mol. The molecule has 34 heavy (non-hydrogen) atoms. The van der Waals surface area contributed by atoms with E-state index in [2.05, 4.69) is 6.58 Å². The van der Waals surface area contributed by atoms with Crippen LogP contribution in [-0.2, 0) is 9.47 Å². The standard InChI is InChI=1S/C29H27F3O2/c1-2-3-4-18-5-14-26(33-16-18)21-10-11-22(25(30)15-21)19-6-8-20(9-7-19)23-12-13-24(27-17-34-27)29(32)28(23)31/h2,6-13,15,18,26-27H,1,3-5,14,16-17H2. The Labute approximate surface area is 198 Å². The lowest BCUT2D eigenvalue weighted by atomic mass is 9.91. The first-order valence-corrected chi connectivity index (χ1v) is 11.8. The van der Waals surface area contributed by atoms with Gasteiger partial charge in [0.25, 0.3) is 0 Å². The summed E-state index contributed by atoms with van der Waals surface area (Å²) in [5.74, 6) is -1.56. The normalized spacial score (nSPS) is 21.9. The highest BCUT2D eigenvalue weighted by Crippen LogP contribution is 2.37. The van der Waals surface area contributed by atoms with Gasteiger partial charge in [-0.25, -0.2) is 13.2 Å². The van der Waals surface area contributed by atoms with Crippen molar-refractivity contribution in [3.63, 3.8) is 0 Å². The summed E-state index contributed by atoms with van der Waals surface area (Å²) in [6.07, 6.45) is 5.50. The second-order valence-electron chi connectivity index (χ2n) is 9.10. The van der Waals surface area contributed by atoms with Gasteiger partial charge in [0, 0.05) is 16.7 Å². The van der Waals surface area contributed by atoms with Crippen molar-refractivity contribution in [1.29, 1.82) is 0 Å². The largest absolute Gasteiger partial charge is 0.373 e. The van der Waals surface area contributed by atoms with Gasteiger partial charge in [0.2, 0.25) is 0 Å². The summed E-state index contributed by atoms with van der Waals surface area (Å²) in [5.41, 5.74) is 2.92. The van der Waals surface area contributed by atoms with Gasteiger partial charge >= 0.3 is 0 Å². The number of hydrogen-bond donors (Lipinski definition) is 0. The maximum Gasteiger partial charge on any atom is 0.167 e. The average Bonchev–Trinajstić information content (AvgIpc) is 3.70. The molecule has 3 aromatic carbocycles. The van der Waals surface area contributed by atoms with Crippen molar-refractivity contribution in [3.05, 3.63) is 95.8 Å². The zero-order valence-electron chi connectivity index (χ0n) is 18.9. The van der Waals surface area contributed by atoms with E-state index in [1.807, 2.05) is 12.1 Å². The van der Waals surface area contributed by atoms with Crippen molar-refractivity contribution in [3.8, 4) is 22.3 Å². The first-order chi connectivity index (χ1) is 16.5. The summed E-state index contributed by atoms with van der Waals surface area (Å²) < 4.78 is 55.1. The topological polar surface area (TPSA) is 21.8 Å². The highest BCUT2D eigenvalue weighted by Gasteiger charge is 2.30. The van der Waals surface area contributed by atoms with E-state index in [4.69, 9.17) is 9.47 Å². The quantitative estimate of drug-likeness (QED) is 0.261. The molecule has 2 aliphatic heterocycles. The van der Waals surface area contributed by atoms with Crippen LogP contribution in [0.5, 0.6) is 0 Å². The highest BCUT2D eigenvalue weighted by molar-refractivity contribution is 5.71. The van der Waals surface area contributed by atoms with Gasteiger partial charge < -0.3 is 9.47 Å². The lowest BCUT2D eigenvalue weighted by Gasteiger charge is -2.29. The van der Waals surface area contributed by atoms with Crippen molar-refractivity contribution in [2.24, 2.45) is 5.92 Å². The molecule has 0 bridgehead atoms. The second-order valence-corrected chi connectivity index (χ2v) is 9.10. The first-order valence-electron chi connectivity index (χ1n) is 11.8. The molecule has 0 N–H and O–H groups in total. The van der Waals surface area contributed by atoms with Crippen molar-refractivity contribution >= 4 is 0 Å². The maximum atomic E-state index is 15.0. The molecule has 0 aromatic heterocycles. The zero-order chi connectivity index (χ0) is 23.7. The molecule has 0 aliphatic carbocycles. The van der Waals surface area contributed by atoms with E-state index < -0.39 is 11.6 Å². The lowest BCUT2D eigenvalue weighted by Crippen LogP contribution is -2.20. The maximum absolute atomic E-state index is 15.0. The molecule has 3 aromatic rings. The van der Waals surface area contributed by atoms with E-state index in [1.54, 1.807) is 48.5 Å². The third-order valence-electron chi connectivity index (χ3n) is 6.81. The molecule has 2 nitrogen and oxygen atoms in total. The second kappa shape index (κ2) is 9.77. The number of benzene rings is 3. The Kier molecular flexibility index (Phi) is 6.57. The predicted octanol–water partition coefficient (Wildman–Crippen LogP) is 7.94. The molecule has 176 valence electrons. The molecule has 5 rings (SSSR count). The van der Waals surface area contributed by atoms with Crippen LogP contribution < -0.4 is 0 Å². The van der Waals surface area contributed by atoms with Gasteiger partial charge in [0.1, 0.15) is 11.9 Å². The molecular weight excluding hydrogens is 437 g/mol. The minimum atomic E-state index is -0.893. The van der Waals surface area contributed by atoms with Crippen molar-refractivity contribution in [2.45, 2.75) is 37.9 Å². The van der Waals surface area contributed by atoms with E-state index in [0.29, 0.717) is 35.8 Å². The van der Waals surface area contributed by atoms with Crippen molar-refractivity contribution in [2.75, 3.05) is 13.2 Å². The van der Waals surface area contributed by atoms with Crippen molar-refractivity contribution in [1.82, 2.24) is 0 Å². The molecule has 2 saturated heterocycles. The molecule has 2 heterocycles. The van der Waals surface area contributed by atoms with Crippen LogP contribution in [0.4, 0.5) is 13.2 Å². The van der Waals surface area contributed by atoms with E-state index in [1.165, 1.54) is 0 Å². The number of epoxide rings is 1. The number of rotatable bonds is 7. The van der Waals surface area contributed by atoms with Crippen LogP contribution in [0, 0.1) is 23.4 Å². The smallest absolute Gasteiger partial charge is 0.167 e. The van der Waals surface area contributed by atoms with Crippen LogP contribution in [0.1, 0.15) is 49.0 Å². The fraction of sp³-hybridized carbons (Fsp3) is 0.310. The number of allylic oxidation sites excluding steroid dienone is 1. The van der Waals surface area contributed by atoms with E-state index in [-0.39, 0.29) is 29.2 Å². The van der Waals surface area contributed by atoms with Gasteiger partial charge in [0.05, 0.1) is 19.3 Å². The van der Waals surface area contributed by atoms with Crippen LogP contribution in [0.2, 0.25) is 0 Å². The molecule has 0 amide bonds. The summed E-state index contributed by atoms with van der Waals surface area (Å²) in [6, 6.07) is 15.2. The summed E-state index contributed by atoms with van der Waals surface area (Å²) in [4.78, 5) is 0. The summed E-state index contributed by atoms with van der Waals surface area (Å²) in [5, 5.41) is 0. The Morgan fingerprint density at radius 2 is 1.47 bits per heavy atom. The minimum Gasteiger partial charge on any atom is -0.373 e. The SMILES string of the molecule is C=CCCC1CCC(c2ccc(-c3ccc(-c4ccc(C5CO5)c(F)c4F)cc3)c(F)c2)OC1. The van der Waals surface area contributed by atoms with Gasteiger partial charge in [-0.2, -0.15) is 0 Å². The molecule has 2 aliphatic rings. The Morgan fingerprint density at radius 1 is 0.794 bits per heavy atom.